The summed E-state index contributed by atoms with van der Waals surface area (Å²) in [6.45, 7) is 1.28. The van der Waals surface area contributed by atoms with Gasteiger partial charge in [-0.3, -0.25) is 4.79 Å². The lowest BCUT2D eigenvalue weighted by atomic mass is 9.97. The molecule has 0 saturated carbocycles. The maximum atomic E-state index is 12.2. The number of piperidine rings is 1. The Kier molecular flexibility index (Phi) is 5.69. The summed E-state index contributed by atoms with van der Waals surface area (Å²) in [6, 6.07) is 5.28. The van der Waals surface area contributed by atoms with Gasteiger partial charge in [-0.25, -0.2) is 12.7 Å². The number of sulfonamides is 1. The van der Waals surface area contributed by atoms with Crippen LogP contribution in [0.2, 0.25) is 0 Å². The molecule has 1 fully saturated rings. The van der Waals surface area contributed by atoms with E-state index in [1.807, 2.05) is 0 Å². The van der Waals surface area contributed by atoms with Crippen molar-refractivity contribution < 1.29 is 27.8 Å². The lowest BCUT2D eigenvalue weighted by molar-refractivity contribution is -0.126. The van der Waals surface area contributed by atoms with Crippen molar-refractivity contribution in [3.05, 3.63) is 23.8 Å². The van der Waals surface area contributed by atoms with E-state index in [4.69, 9.17) is 9.47 Å². The number of aliphatic hydroxyl groups is 1. The molecular formula is C17H24N2O6S. The van der Waals surface area contributed by atoms with Crippen LogP contribution in [0.3, 0.4) is 0 Å². The Labute approximate surface area is 153 Å². The molecule has 0 aliphatic carbocycles. The molecule has 2 aliphatic heterocycles. The smallest absolute Gasteiger partial charge is 0.231 e. The summed E-state index contributed by atoms with van der Waals surface area (Å²) in [7, 11) is -3.19. The zero-order chi connectivity index (χ0) is 18.7. The first-order valence-corrected chi connectivity index (χ1v) is 10.5. The minimum Gasteiger partial charge on any atom is -0.454 e. The minimum atomic E-state index is -3.19. The molecule has 1 aromatic carbocycles. The van der Waals surface area contributed by atoms with Gasteiger partial charge in [0.25, 0.3) is 0 Å². The fourth-order valence-corrected chi connectivity index (χ4v) is 4.09. The highest BCUT2D eigenvalue weighted by Crippen LogP contribution is 2.34. The molecule has 0 radical (unpaired) electrons. The van der Waals surface area contributed by atoms with Crippen molar-refractivity contribution in [2.24, 2.45) is 5.92 Å². The van der Waals surface area contributed by atoms with Crippen LogP contribution >= 0.6 is 0 Å². The number of aliphatic hydroxyl groups excluding tert-OH is 1. The molecule has 8 nitrogen and oxygen atoms in total. The Morgan fingerprint density at radius 3 is 2.69 bits per heavy atom. The average Bonchev–Trinajstić information content (AvgIpc) is 3.08. The lowest BCUT2D eigenvalue weighted by Crippen LogP contribution is -2.42. The number of ether oxygens (including phenoxy) is 2. The molecule has 3 rings (SSSR count). The van der Waals surface area contributed by atoms with E-state index in [1.54, 1.807) is 18.2 Å². The molecule has 1 atom stereocenters. The lowest BCUT2D eigenvalue weighted by Gasteiger charge is -2.29. The first-order valence-electron chi connectivity index (χ1n) is 8.65. The number of benzene rings is 1. The molecule has 1 unspecified atom stereocenters. The molecular weight excluding hydrogens is 360 g/mol. The van der Waals surface area contributed by atoms with E-state index in [-0.39, 0.29) is 18.6 Å². The Morgan fingerprint density at radius 2 is 2.00 bits per heavy atom. The van der Waals surface area contributed by atoms with Gasteiger partial charge in [0.2, 0.25) is 22.7 Å². The van der Waals surface area contributed by atoms with Gasteiger partial charge >= 0.3 is 0 Å². The highest BCUT2D eigenvalue weighted by Gasteiger charge is 2.28. The number of nitrogens with one attached hydrogen (secondary N) is 1. The van der Waals surface area contributed by atoms with Crippen LogP contribution < -0.4 is 14.8 Å². The van der Waals surface area contributed by atoms with Gasteiger partial charge in [-0.15, -0.1) is 0 Å². The van der Waals surface area contributed by atoms with Crippen molar-refractivity contribution in [1.29, 1.82) is 0 Å². The number of hydrogen-bond acceptors (Lipinski definition) is 6. The van der Waals surface area contributed by atoms with E-state index in [0.29, 0.717) is 56.0 Å². The van der Waals surface area contributed by atoms with Crippen molar-refractivity contribution >= 4 is 15.9 Å². The van der Waals surface area contributed by atoms with E-state index in [9.17, 15) is 18.3 Å². The van der Waals surface area contributed by atoms with Crippen molar-refractivity contribution in [3.63, 3.8) is 0 Å². The molecule has 0 spiro atoms. The fraction of sp³-hybridized carbons (Fsp3) is 0.588. The van der Waals surface area contributed by atoms with Crippen molar-refractivity contribution in [3.8, 4) is 11.5 Å². The number of fused-ring (bicyclic) bond motifs is 1. The molecule has 0 aromatic heterocycles. The van der Waals surface area contributed by atoms with Crippen molar-refractivity contribution in [1.82, 2.24) is 9.62 Å². The second-order valence-electron chi connectivity index (χ2n) is 6.64. The molecule has 9 heteroatoms. The van der Waals surface area contributed by atoms with Gasteiger partial charge < -0.3 is 19.9 Å². The minimum absolute atomic E-state index is 0.0870. The topological polar surface area (TPSA) is 105 Å². The predicted octanol–water partition coefficient (Wildman–Crippen LogP) is 0.627. The van der Waals surface area contributed by atoms with Crippen LogP contribution in [0, 0.1) is 5.92 Å². The largest absolute Gasteiger partial charge is 0.454 e. The summed E-state index contributed by atoms with van der Waals surface area (Å²) in [4.78, 5) is 12.2. The Hall–Kier alpha value is -1.84. The molecule has 144 valence electrons. The van der Waals surface area contributed by atoms with E-state index < -0.39 is 16.1 Å². The van der Waals surface area contributed by atoms with Crippen LogP contribution in [0.1, 0.15) is 30.9 Å². The monoisotopic (exact) mass is 384 g/mol. The average molecular weight is 384 g/mol. The zero-order valence-electron chi connectivity index (χ0n) is 14.7. The summed E-state index contributed by atoms with van der Waals surface area (Å²) in [5.74, 6) is 1.00. The Bertz CT molecular complexity index is 759. The van der Waals surface area contributed by atoms with E-state index in [0.717, 1.165) is 0 Å². The summed E-state index contributed by atoms with van der Waals surface area (Å²) >= 11 is 0. The van der Waals surface area contributed by atoms with Crippen LogP contribution in [-0.2, 0) is 14.8 Å². The number of amides is 1. The maximum absolute atomic E-state index is 12.2. The number of rotatable bonds is 6. The van der Waals surface area contributed by atoms with E-state index >= 15 is 0 Å². The summed E-state index contributed by atoms with van der Waals surface area (Å²) in [5, 5.41) is 13.1. The highest BCUT2D eigenvalue weighted by molar-refractivity contribution is 7.88. The van der Waals surface area contributed by atoms with Gasteiger partial charge in [0.15, 0.2) is 11.5 Å². The number of nitrogens with zero attached hydrogens (tertiary/aromatic N) is 1. The standard InChI is InChI=1S/C17H24N2O6S/c1-26(22,23)19-8-5-12(6-9-19)17(21)18-7-4-14(20)13-2-3-15-16(10-13)25-11-24-15/h2-3,10,12,14,20H,4-9,11H2,1H3,(H,18,21). The van der Waals surface area contributed by atoms with Crippen LogP contribution in [0.25, 0.3) is 0 Å². The third-order valence-corrected chi connectivity index (χ3v) is 6.10. The second-order valence-corrected chi connectivity index (χ2v) is 8.63. The number of hydrogen-bond donors (Lipinski definition) is 2. The first kappa shape index (κ1) is 18.9. The Balaban J connectivity index is 1.42. The van der Waals surface area contributed by atoms with Gasteiger partial charge in [0.05, 0.1) is 12.4 Å². The molecule has 1 amide bonds. The van der Waals surface area contributed by atoms with Gasteiger partial charge in [-0.1, -0.05) is 6.07 Å². The quantitative estimate of drug-likeness (QED) is 0.745. The molecule has 2 N–H and O–H groups in total. The van der Waals surface area contributed by atoms with Crippen molar-refractivity contribution in [2.75, 3.05) is 32.7 Å². The molecule has 1 aromatic rings. The second kappa shape index (κ2) is 7.81. The fourth-order valence-electron chi connectivity index (χ4n) is 3.21. The van der Waals surface area contributed by atoms with Gasteiger partial charge in [-0.05, 0) is 37.0 Å². The first-order chi connectivity index (χ1) is 12.3. The molecule has 2 aliphatic rings. The number of carbonyl (C=O) groups is 1. The normalized spacial score (nSPS) is 19.3. The SMILES string of the molecule is CS(=O)(=O)N1CCC(C(=O)NCCC(O)c2ccc3c(c2)OCO3)CC1. The van der Waals surface area contributed by atoms with Crippen molar-refractivity contribution in [2.45, 2.75) is 25.4 Å². The molecule has 0 bridgehead atoms. The van der Waals surface area contributed by atoms with E-state index in [1.165, 1.54) is 10.6 Å². The maximum Gasteiger partial charge on any atom is 0.231 e. The molecule has 1 saturated heterocycles. The van der Waals surface area contributed by atoms with Gasteiger partial charge in [-0.2, -0.15) is 0 Å². The molecule has 26 heavy (non-hydrogen) atoms. The third-order valence-electron chi connectivity index (χ3n) is 4.79. The zero-order valence-corrected chi connectivity index (χ0v) is 15.5. The predicted molar refractivity (Wildman–Crippen MR) is 94.3 cm³/mol. The summed E-state index contributed by atoms with van der Waals surface area (Å²) in [5.41, 5.74) is 0.713. The summed E-state index contributed by atoms with van der Waals surface area (Å²) in [6.07, 6.45) is 1.89. The highest BCUT2D eigenvalue weighted by atomic mass is 32.2. The van der Waals surface area contributed by atoms with Crippen LogP contribution in [0.15, 0.2) is 18.2 Å². The Morgan fingerprint density at radius 1 is 1.31 bits per heavy atom. The van der Waals surface area contributed by atoms with Gasteiger partial charge in [0, 0.05) is 25.6 Å². The molecule has 2 heterocycles. The van der Waals surface area contributed by atoms with Crippen LogP contribution in [0.5, 0.6) is 11.5 Å². The summed E-state index contributed by atoms with van der Waals surface area (Å²) < 4.78 is 34.9. The van der Waals surface area contributed by atoms with Gasteiger partial charge in [0.1, 0.15) is 0 Å². The van der Waals surface area contributed by atoms with Crippen LogP contribution in [-0.4, -0.2) is 56.4 Å². The number of carbonyl (C=O) groups excluding carboxylic acids is 1. The van der Waals surface area contributed by atoms with Crippen LogP contribution in [0.4, 0.5) is 0 Å². The third kappa shape index (κ3) is 4.46. The van der Waals surface area contributed by atoms with E-state index in [2.05, 4.69) is 5.32 Å².